The van der Waals surface area contributed by atoms with Crippen LogP contribution in [0, 0.1) is 5.92 Å². The Balaban J connectivity index is 1.33. The molecule has 2 aliphatic rings. The van der Waals surface area contributed by atoms with Gasteiger partial charge in [-0.15, -0.1) is 11.3 Å². The average Bonchev–Trinajstić information content (AvgIpc) is 2.95. The van der Waals surface area contributed by atoms with Gasteiger partial charge in [-0.1, -0.05) is 5.16 Å². The van der Waals surface area contributed by atoms with Crippen LogP contribution in [-0.2, 0) is 16.1 Å². The molecule has 0 spiro atoms. The molecule has 120 valence electrons. The van der Waals surface area contributed by atoms with Crippen LogP contribution in [-0.4, -0.2) is 28.5 Å². The second kappa shape index (κ2) is 5.77. The normalized spacial score (nSPS) is 21.0. The van der Waals surface area contributed by atoms with Crippen LogP contribution in [0.2, 0.25) is 0 Å². The maximum atomic E-state index is 12.3. The van der Waals surface area contributed by atoms with Crippen LogP contribution < -0.4 is 10.2 Å². The zero-order valence-electron chi connectivity index (χ0n) is 12.4. The molecule has 1 atom stereocenters. The average molecular weight is 332 g/mol. The Bertz CT molecular complexity index is 723. The minimum atomic E-state index is -0.346. The first-order chi connectivity index (χ1) is 11.2. The molecule has 2 fully saturated rings. The molecule has 0 aromatic carbocycles. The maximum absolute atomic E-state index is 12.3. The number of nitrogens with one attached hydrogen (secondary N) is 1. The lowest BCUT2D eigenvalue weighted by atomic mass is 10.1. The Kier molecular flexibility index (Phi) is 3.60. The van der Waals surface area contributed by atoms with E-state index in [0.29, 0.717) is 24.1 Å². The van der Waals surface area contributed by atoms with Gasteiger partial charge in [-0.25, -0.2) is 4.98 Å². The van der Waals surface area contributed by atoms with Crippen molar-refractivity contribution in [3.8, 4) is 0 Å². The van der Waals surface area contributed by atoms with E-state index in [1.54, 1.807) is 11.1 Å². The number of amides is 2. The molecular weight excluding hydrogens is 316 g/mol. The van der Waals surface area contributed by atoms with E-state index in [2.05, 4.69) is 15.5 Å². The minimum absolute atomic E-state index is 0.0578. The summed E-state index contributed by atoms with van der Waals surface area (Å²) in [4.78, 5) is 30.0. The molecule has 1 aliphatic carbocycles. The number of carbonyl (C=O) groups excluding carboxylic acids is 2. The van der Waals surface area contributed by atoms with E-state index in [-0.39, 0.29) is 24.2 Å². The lowest BCUT2D eigenvalue weighted by Crippen LogP contribution is -2.32. The van der Waals surface area contributed by atoms with Crippen molar-refractivity contribution in [1.82, 2.24) is 15.5 Å². The molecule has 8 heteroatoms. The number of rotatable bonds is 5. The van der Waals surface area contributed by atoms with Crippen molar-refractivity contribution in [2.45, 2.75) is 31.7 Å². The van der Waals surface area contributed by atoms with Crippen LogP contribution in [0.3, 0.4) is 0 Å². The summed E-state index contributed by atoms with van der Waals surface area (Å²) in [6.45, 7) is 0.710. The van der Waals surface area contributed by atoms with E-state index >= 15 is 0 Å². The lowest BCUT2D eigenvalue weighted by Gasteiger charge is -2.12. The highest BCUT2D eigenvalue weighted by Gasteiger charge is 2.36. The number of carbonyl (C=O) groups is 2. The van der Waals surface area contributed by atoms with E-state index in [4.69, 9.17) is 4.52 Å². The summed E-state index contributed by atoms with van der Waals surface area (Å²) < 4.78 is 5.26. The van der Waals surface area contributed by atoms with Crippen LogP contribution in [0.1, 0.15) is 36.6 Å². The van der Waals surface area contributed by atoms with Crippen molar-refractivity contribution in [1.29, 1.82) is 0 Å². The molecule has 1 aliphatic heterocycles. The van der Waals surface area contributed by atoms with Gasteiger partial charge in [-0.2, -0.15) is 0 Å². The van der Waals surface area contributed by atoms with Gasteiger partial charge >= 0.3 is 0 Å². The van der Waals surface area contributed by atoms with Crippen LogP contribution in [0.25, 0.3) is 0 Å². The van der Waals surface area contributed by atoms with E-state index in [1.165, 1.54) is 11.3 Å². The molecule has 2 aromatic rings. The van der Waals surface area contributed by atoms with Crippen LogP contribution in [0.15, 0.2) is 22.2 Å². The first-order valence-corrected chi connectivity index (χ1v) is 8.51. The van der Waals surface area contributed by atoms with Gasteiger partial charge < -0.3 is 9.84 Å². The zero-order chi connectivity index (χ0) is 15.8. The molecule has 23 heavy (non-hydrogen) atoms. The molecule has 0 radical (unpaired) electrons. The number of thiazole rings is 1. The van der Waals surface area contributed by atoms with Crippen molar-refractivity contribution >= 4 is 28.3 Å². The predicted octanol–water partition coefficient (Wildman–Crippen LogP) is 1.68. The van der Waals surface area contributed by atoms with Gasteiger partial charge in [0.25, 0.3) is 0 Å². The summed E-state index contributed by atoms with van der Waals surface area (Å²) >= 11 is 1.40. The fourth-order valence-electron chi connectivity index (χ4n) is 2.71. The van der Waals surface area contributed by atoms with Gasteiger partial charge in [-0.3, -0.25) is 14.5 Å². The Morgan fingerprint density at radius 2 is 2.35 bits per heavy atom. The molecule has 1 unspecified atom stereocenters. The van der Waals surface area contributed by atoms with Gasteiger partial charge in [0.15, 0.2) is 5.13 Å². The number of aromatic nitrogens is 2. The molecule has 1 saturated heterocycles. The highest BCUT2D eigenvalue weighted by Crippen LogP contribution is 2.40. The Labute approximate surface area is 136 Å². The molecule has 1 N–H and O–H groups in total. The number of hydrogen-bond donors (Lipinski definition) is 1. The van der Waals surface area contributed by atoms with E-state index in [1.807, 2.05) is 11.4 Å². The summed E-state index contributed by atoms with van der Waals surface area (Å²) in [6, 6.07) is 1.90. The molecular formula is C15H16N4O3S. The summed E-state index contributed by atoms with van der Waals surface area (Å²) in [7, 11) is 0. The van der Waals surface area contributed by atoms with Crippen molar-refractivity contribution in [3.05, 3.63) is 29.1 Å². The molecule has 2 amide bonds. The second-order valence-electron chi connectivity index (χ2n) is 5.93. The second-order valence-corrected chi connectivity index (χ2v) is 6.81. The molecule has 4 rings (SSSR count). The highest BCUT2D eigenvalue weighted by atomic mass is 32.1. The number of hydrogen-bond acceptors (Lipinski definition) is 6. The summed E-state index contributed by atoms with van der Waals surface area (Å²) in [5, 5.41) is 9.28. The Morgan fingerprint density at radius 3 is 3.09 bits per heavy atom. The highest BCUT2D eigenvalue weighted by molar-refractivity contribution is 7.13. The predicted molar refractivity (Wildman–Crippen MR) is 82.9 cm³/mol. The van der Waals surface area contributed by atoms with Gasteiger partial charge in [0.05, 0.1) is 12.5 Å². The van der Waals surface area contributed by atoms with E-state index in [9.17, 15) is 9.59 Å². The maximum Gasteiger partial charge on any atom is 0.229 e. The topological polar surface area (TPSA) is 88.3 Å². The molecule has 3 heterocycles. The first kappa shape index (κ1) is 14.4. The summed E-state index contributed by atoms with van der Waals surface area (Å²) in [6.07, 6.45) is 4.18. The third kappa shape index (κ3) is 2.98. The smallest absolute Gasteiger partial charge is 0.229 e. The summed E-state index contributed by atoms with van der Waals surface area (Å²) in [5.74, 6) is 0.874. The van der Waals surface area contributed by atoms with Gasteiger partial charge in [0.2, 0.25) is 11.8 Å². The third-order valence-corrected chi connectivity index (χ3v) is 4.94. The summed E-state index contributed by atoms with van der Waals surface area (Å²) in [5.41, 5.74) is 0.723. The monoisotopic (exact) mass is 332 g/mol. The lowest BCUT2D eigenvalue weighted by molar-refractivity contribution is -0.126. The Hall–Kier alpha value is -2.22. The van der Waals surface area contributed by atoms with Crippen molar-refractivity contribution < 1.29 is 14.1 Å². The molecule has 0 bridgehead atoms. The van der Waals surface area contributed by atoms with Crippen molar-refractivity contribution in [2.24, 2.45) is 5.92 Å². The van der Waals surface area contributed by atoms with Crippen LogP contribution >= 0.6 is 11.3 Å². The largest absolute Gasteiger partial charge is 0.361 e. The minimum Gasteiger partial charge on any atom is -0.361 e. The molecule has 2 aromatic heterocycles. The van der Waals surface area contributed by atoms with Gasteiger partial charge in [0.1, 0.15) is 11.5 Å². The number of anilines is 1. The van der Waals surface area contributed by atoms with E-state index < -0.39 is 0 Å². The van der Waals surface area contributed by atoms with Gasteiger partial charge in [-0.05, 0) is 12.8 Å². The van der Waals surface area contributed by atoms with Crippen molar-refractivity contribution in [3.63, 3.8) is 0 Å². The number of nitrogens with zero attached hydrogens (tertiary/aromatic N) is 3. The SMILES string of the molecule is O=C(NCc1cc(C2CC2)on1)C1CC(=O)N(c2nccs2)C1. The molecule has 1 saturated carbocycles. The van der Waals surface area contributed by atoms with E-state index in [0.717, 1.165) is 24.3 Å². The fraction of sp³-hybridized carbons (Fsp3) is 0.467. The fourth-order valence-corrected chi connectivity index (χ4v) is 3.38. The first-order valence-electron chi connectivity index (χ1n) is 7.64. The third-order valence-electron chi connectivity index (χ3n) is 4.15. The molecule has 7 nitrogen and oxygen atoms in total. The quantitative estimate of drug-likeness (QED) is 0.900. The van der Waals surface area contributed by atoms with Gasteiger partial charge in [0, 0.05) is 36.5 Å². The van der Waals surface area contributed by atoms with Crippen molar-refractivity contribution in [2.75, 3.05) is 11.4 Å². The standard InChI is InChI=1S/C15H16N4O3S/c20-13-5-10(8-19(13)15-16-3-4-23-15)14(21)17-7-11-6-12(22-18-11)9-1-2-9/h3-4,6,9-10H,1-2,5,7-8H2,(H,17,21). The van der Waals surface area contributed by atoms with Crippen LogP contribution in [0.5, 0.6) is 0 Å². The zero-order valence-corrected chi connectivity index (χ0v) is 13.2. The Morgan fingerprint density at radius 1 is 1.48 bits per heavy atom. The van der Waals surface area contributed by atoms with Crippen LogP contribution in [0.4, 0.5) is 5.13 Å².